The number of anilines is 1. The Balaban J connectivity index is 1.46. The zero-order valence-electron chi connectivity index (χ0n) is 20.9. The maximum absolute atomic E-state index is 15.2. The van der Waals surface area contributed by atoms with Crippen LogP contribution in [-0.4, -0.2) is 70.3 Å². The van der Waals surface area contributed by atoms with Gasteiger partial charge in [0.15, 0.2) is 12.4 Å². The molecular weight excluding hydrogens is 537 g/mol. The fourth-order valence-corrected chi connectivity index (χ4v) is 5.57. The first-order valence-electron chi connectivity index (χ1n) is 11.5. The molecule has 38 heavy (non-hydrogen) atoms. The number of sulfonamides is 1. The molecule has 0 saturated carbocycles. The number of amides is 1. The molecule has 1 aliphatic heterocycles. The molecule has 0 spiro atoms. The Morgan fingerprint density at radius 2 is 2.08 bits per heavy atom. The van der Waals surface area contributed by atoms with Crippen molar-refractivity contribution in [3.8, 4) is 11.6 Å². The molecule has 0 bridgehead atoms. The van der Waals surface area contributed by atoms with Crippen LogP contribution in [0.25, 0.3) is 4.96 Å². The van der Waals surface area contributed by atoms with Crippen molar-refractivity contribution in [1.29, 1.82) is 0 Å². The Hall–Kier alpha value is -3.85. The smallest absolute Gasteiger partial charge is 0.261 e. The van der Waals surface area contributed by atoms with E-state index in [9.17, 15) is 13.2 Å². The highest BCUT2D eigenvalue weighted by molar-refractivity contribution is 7.92. The van der Waals surface area contributed by atoms with Crippen molar-refractivity contribution >= 4 is 38.0 Å². The van der Waals surface area contributed by atoms with E-state index < -0.39 is 34.4 Å². The normalized spacial score (nSPS) is 15.4. The number of nitrogens with zero attached hydrogens (tertiary/aromatic N) is 6. The van der Waals surface area contributed by atoms with E-state index in [0.717, 1.165) is 17.0 Å². The van der Waals surface area contributed by atoms with E-state index in [0.29, 0.717) is 22.6 Å². The topological polar surface area (TPSA) is 141 Å². The van der Waals surface area contributed by atoms with Gasteiger partial charge in [-0.3, -0.25) is 14.5 Å². The van der Waals surface area contributed by atoms with Gasteiger partial charge in [-0.25, -0.2) is 22.3 Å². The summed E-state index contributed by atoms with van der Waals surface area (Å²) in [6.07, 6.45) is 3.01. The van der Waals surface area contributed by atoms with Crippen LogP contribution in [0.4, 0.5) is 10.2 Å². The van der Waals surface area contributed by atoms with Crippen LogP contribution >= 0.6 is 11.3 Å². The molecule has 200 valence electrons. The van der Waals surface area contributed by atoms with E-state index in [1.807, 2.05) is 6.92 Å². The van der Waals surface area contributed by atoms with Crippen LogP contribution in [0.3, 0.4) is 0 Å². The highest BCUT2D eigenvalue weighted by atomic mass is 32.2. The van der Waals surface area contributed by atoms with Gasteiger partial charge in [0, 0.05) is 19.2 Å². The zero-order chi connectivity index (χ0) is 27.2. The van der Waals surface area contributed by atoms with Crippen molar-refractivity contribution in [3.63, 3.8) is 0 Å². The number of nitrogens with one attached hydrogen (secondary N) is 1. The molecule has 1 N–H and O–H groups in total. The third-order valence-corrected chi connectivity index (χ3v) is 7.22. The van der Waals surface area contributed by atoms with Crippen LogP contribution in [0.5, 0.6) is 11.6 Å². The number of pyridine rings is 2. The van der Waals surface area contributed by atoms with Gasteiger partial charge >= 0.3 is 0 Å². The summed E-state index contributed by atoms with van der Waals surface area (Å²) >= 11 is 1.41. The van der Waals surface area contributed by atoms with Gasteiger partial charge < -0.3 is 14.4 Å². The number of ether oxygens (including phenoxy) is 2. The number of carbonyl (C=O) groups excluding carboxylic acids is 1. The summed E-state index contributed by atoms with van der Waals surface area (Å²) in [6, 6.07) is 3.34. The predicted octanol–water partition coefficient (Wildman–Crippen LogP) is 2.27. The number of rotatable bonds is 7. The van der Waals surface area contributed by atoms with Gasteiger partial charge in [-0.15, -0.1) is 0 Å². The zero-order valence-corrected chi connectivity index (χ0v) is 22.6. The summed E-state index contributed by atoms with van der Waals surface area (Å²) in [5.74, 6) is -0.801. The van der Waals surface area contributed by atoms with Gasteiger partial charge in [0.1, 0.15) is 28.4 Å². The molecule has 4 aromatic rings. The fraction of sp³-hybridized carbons (Fsp3) is 0.348. The Morgan fingerprint density at radius 3 is 2.79 bits per heavy atom. The third-order valence-electron chi connectivity index (χ3n) is 5.82. The van der Waals surface area contributed by atoms with Crippen LogP contribution in [-0.2, 0) is 21.2 Å². The van der Waals surface area contributed by atoms with Crippen LogP contribution in [0.15, 0.2) is 24.4 Å². The quantitative estimate of drug-likeness (QED) is 0.360. The van der Waals surface area contributed by atoms with Crippen LogP contribution < -0.4 is 14.2 Å². The molecule has 0 radical (unpaired) electrons. The Bertz CT molecular complexity index is 1650. The van der Waals surface area contributed by atoms with Crippen LogP contribution in [0.2, 0.25) is 0 Å². The number of aryl methyl sites for hydroxylation is 2. The van der Waals surface area contributed by atoms with Gasteiger partial charge in [-0.1, -0.05) is 11.3 Å². The number of imidazole rings is 1. The van der Waals surface area contributed by atoms with Crippen molar-refractivity contribution in [3.05, 3.63) is 57.9 Å². The van der Waals surface area contributed by atoms with Crippen molar-refractivity contribution < 1.29 is 27.1 Å². The maximum atomic E-state index is 15.2. The number of fused-ring (bicyclic) bond motifs is 3. The summed E-state index contributed by atoms with van der Waals surface area (Å²) in [5.41, 5.74) is 2.07. The average molecular weight is 562 g/mol. The summed E-state index contributed by atoms with van der Waals surface area (Å²) in [6.45, 7) is 3.45. The molecule has 5 rings (SSSR count). The summed E-state index contributed by atoms with van der Waals surface area (Å²) in [5, 5.41) is 5.32. The molecule has 0 unspecified atom stereocenters. The van der Waals surface area contributed by atoms with Gasteiger partial charge in [-0.05, 0) is 37.6 Å². The second kappa shape index (κ2) is 9.79. The molecular formula is C23H24FN7O5S2. The number of carbonyl (C=O) groups is 1. The molecule has 0 saturated heterocycles. The second-order valence-corrected chi connectivity index (χ2v) is 11.7. The Morgan fingerprint density at radius 1 is 1.29 bits per heavy atom. The van der Waals surface area contributed by atoms with Crippen molar-refractivity contribution in [2.75, 3.05) is 31.2 Å². The van der Waals surface area contributed by atoms with E-state index in [-0.39, 0.29) is 29.7 Å². The van der Waals surface area contributed by atoms with Crippen molar-refractivity contribution in [2.45, 2.75) is 26.3 Å². The van der Waals surface area contributed by atoms with E-state index in [4.69, 9.17) is 9.47 Å². The maximum Gasteiger partial charge on any atom is 0.261 e. The van der Waals surface area contributed by atoms with E-state index in [1.54, 1.807) is 17.6 Å². The van der Waals surface area contributed by atoms with Crippen LogP contribution in [0, 0.1) is 19.7 Å². The number of aromatic nitrogens is 5. The lowest BCUT2D eigenvalue weighted by Crippen LogP contribution is -2.44. The monoisotopic (exact) mass is 561 g/mol. The molecule has 0 aliphatic carbocycles. The van der Waals surface area contributed by atoms with Crippen molar-refractivity contribution in [2.24, 2.45) is 0 Å². The van der Waals surface area contributed by atoms with Crippen molar-refractivity contribution in [1.82, 2.24) is 29.5 Å². The van der Waals surface area contributed by atoms with E-state index >= 15 is 4.39 Å². The summed E-state index contributed by atoms with van der Waals surface area (Å²) < 4.78 is 53.1. The molecule has 15 heteroatoms. The lowest BCUT2D eigenvalue weighted by atomic mass is 9.98. The number of hydrogen-bond acceptors (Lipinski definition) is 10. The van der Waals surface area contributed by atoms with Gasteiger partial charge in [-0.2, -0.15) is 10.1 Å². The first kappa shape index (κ1) is 25.8. The van der Waals surface area contributed by atoms with E-state index in [2.05, 4.69) is 24.8 Å². The van der Waals surface area contributed by atoms with Gasteiger partial charge in [0.25, 0.3) is 11.8 Å². The molecule has 5 heterocycles. The summed E-state index contributed by atoms with van der Waals surface area (Å²) in [4.78, 5) is 28.8. The lowest BCUT2D eigenvalue weighted by Gasteiger charge is -2.35. The Kier molecular flexibility index (Phi) is 6.65. The molecule has 0 aromatic carbocycles. The average Bonchev–Trinajstić information content (AvgIpc) is 3.37. The Labute approximate surface area is 221 Å². The number of methoxy groups -OCH3 is 1. The largest absolute Gasteiger partial charge is 0.478 e. The fourth-order valence-electron chi connectivity index (χ4n) is 4.31. The highest BCUT2D eigenvalue weighted by Crippen LogP contribution is 2.37. The number of halogens is 1. The standard InChI is InChI=1S/C23H24FN7O5S2/c1-12-9-14(24)19(25-10-12)21-20-15(26-23-31(20)28-13(2)37-23)7-8-30(21)18(32)11-36-16-5-6-17(27-22(16)35-3)29-38(4,33)34/h5-6,9-10,21H,7-8,11H2,1-4H3,(H,27,29)/t21-/m0/s1. The predicted molar refractivity (Wildman–Crippen MR) is 137 cm³/mol. The minimum Gasteiger partial charge on any atom is -0.478 e. The van der Waals surface area contributed by atoms with E-state index in [1.165, 1.54) is 41.5 Å². The molecule has 12 nitrogen and oxygen atoms in total. The van der Waals surface area contributed by atoms with Gasteiger partial charge in [0.2, 0.25) is 15.0 Å². The highest BCUT2D eigenvalue weighted by Gasteiger charge is 2.39. The molecule has 1 amide bonds. The minimum absolute atomic E-state index is 0.00868. The van der Waals surface area contributed by atoms with Gasteiger partial charge in [0.05, 0.1) is 24.8 Å². The first-order valence-corrected chi connectivity index (χ1v) is 14.2. The second-order valence-electron chi connectivity index (χ2n) is 8.75. The lowest BCUT2D eigenvalue weighted by molar-refractivity contribution is -0.135. The molecule has 1 atom stereocenters. The molecule has 4 aromatic heterocycles. The first-order chi connectivity index (χ1) is 18.0. The number of hydrogen-bond donors (Lipinski definition) is 1. The summed E-state index contributed by atoms with van der Waals surface area (Å²) in [7, 11) is -2.20. The third kappa shape index (κ3) is 4.98. The van der Waals surface area contributed by atoms with Crippen LogP contribution in [0.1, 0.15) is 33.7 Å². The SMILES string of the molecule is COc1nc(NS(C)(=O)=O)ccc1OCC(=O)N1CCc2nc3sc(C)nn3c2[C@@H]1c1ncc(C)cc1F. The molecule has 0 fully saturated rings. The minimum atomic E-state index is -3.55. The molecule has 1 aliphatic rings.